The van der Waals surface area contributed by atoms with Crippen molar-refractivity contribution >= 4 is 40.9 Å². The monoisotopic (exact) mass is 235 g/mol. The van der Waals surface area contributed by atoms with Gasteiger partial charge in [0, 0.05) is 6.54 Å². The van der Waals surface area contributed by atoms with Gasteiger partial charge in [0.25, 0.3) is 0 Å². The van der Waals surface area contributed by atoms with Gasteiger partial charge in [0.05, 0.1) is 0 Å². The summed E-state index contributed by atoms with van der Waals surface area (Å²) in [5, 5.41) is 3.09. The Morgan fingerprint density at radius 3 is 2.33 bits per heavy atom. The normalized spacial score (nSPS) is 11.5. The first-order chi connectivity index (χ1) is 5.58. The Morgan fingerprint density at radius 2 is 1.83 bits per heavy atom. The second kappa shape index (κ2) is 4.68. The minimum Gasteiger partial charge on any atom is -0.269 e. The molecule has 0 saturated heterocycles. The van der Waals surface area contributed by atoms with Crippen LogP contribution in [0.4, 0.5) is 0 Å². The van der Waals surface area contributed by atoms with Crippen molar-refractivity contribution in [2.75, 3.05) is 0 Å². The summed E-state index contributed by atoms with van der Waals surface area (Å²) in [5.41, 5.74) is 1.20. The van der Waals surface area contributed by atoms with E-state index in [1.54, 1.807) is 0 Å². The van der Waals surface area contributed by atoms with Crippen LogP contribution in [0.5, 0.6) is 0 Å². The van der Waals surface area contributed by atoms with Crippen molar-refractivity contribution in [1.29, 1.82) is 0 Å². The summed E-state index contributed by atoms with van der Waals surface area (Å²) in [6.07, 6.45) is 0. The molecule has 0 spiro atoms. The Morgan fingerprint density at radius 1 is 1.25 bits per heavy atom. The predicted molar refractivity (Wildman–Crippen MR) is 65.5 cm³/mol. The maximum absolute atomic E-state index is 5.01. The molecular formula is C7H10NPS3. The number of rotatable bonds is 3. The first kappa shape index (κ1) is 10.6. The summed E-state index contributed by atoms with van der Waals surface area (Å²) in [5.74, 6) is 0. The molecule has 0 aliphatic carbocycles. The summed E-state index contributed by atoms with van der Waals surface area (Å²) >= 11 is 13.3. The van der Waals surface area contributed by atoms with Crippen molar-refractivity contribution < 1.29 is 0 Å². The lowest BCUT2D eigenvalue weighted by Gasteiger charge is -2.09. The zero-order valence-electron chi connectivity index (χ0n) is 6.34. The van der Waals surface area contributed by atoms with Crippen molar-refractivity contribution in [3.05, 3.63) is 35.9 Å². The molecule has 1 N–H and O–H groups in total. The summed E-state index contributed by atoms with van der Waals surface area (Å²) < 4.78 is -1.86. The lowest BCUT2D eigenvalue weighted by atomic mass is 10.2. The van der Waals surface area contributed by atoms with Gasteiger partial charge in [0.15, 0.2) is 0 Å². The molecule has 0 aliphatic rings. The first-order valence-corrected chi connectivity index (χ1v) is 8.53. The highest BCUT2D eigenvalue weighted by Crippen LogP contribution is 2.51. The van der Waals surface area contributed by atoms with E-state index in [4.69, 9.17) is 11.8 Å². The smallest absolute Gasteiger partial charge is 0.112 e. The third kappa shape index (κ3) is 4.53. The van der Waals surface area contributed by atoms with Crippen LogP contribution in [0.2, 0.25) is 0 Å². The van der Waals surface area contributed by atoms with Crippen molar-refractivity contribution in [2.45, 2.75) is 6.54 Å². The lowest BCUT2D eigenvalue weighted by molar-refractivity contribution is 0.974. The molecule has 0 amide bonds. The summed E-state index contributed by atoms with van der Waals surface area (Å²) in [6.45, 7) is 0.741. The van der Waals surface area contributed by atoms with E-state index >= 15 is 0 Å². The second-order valence-electron chi connectivity index (χ2n) is 2.36. The first-order valence-electron chi connectivity index (χ1n) is 3.42. The topological polar surface area (TPSA) is 12.0 Å². The molecule has 1 rings (SSSR count). The van der Waals surface area contributed by atoms with Gasteiger partial charge in [-0.1, -0.05) is 42.1 Å². The summed E-state index contributed by atoms with van der Waals surface area (Å²) in [4.78, 5) is 0. The van der Waals surface area contributed by atoms with Gasteiger partial charge in [-0.25, -0.2) is 0 Å². The van der Waals surface area contributed by atoms with E-state index in [-0.39, 0.29) is 0 Å². The van der Waals surface area contributed by atoms with Crippen LogP contribution in [-0.2, 0) is 18.4 Å². The van der Waals surface area contributed by atoms with Gasteiger partial charge in [-0.05, 0) is 5.56 Å². The molecule has 0 aromatic heterocycles. The van der Waals surface area contributed by atoms with E-state index in [0.717, 1.165) is 6.54 Å². The molecule has 0 aliphatic heterocycles. The molecule has 0 radical (unpaired) electrons. The zero-order valence-corrected chi connectivity index (χ0v) is 9.84. The highest BCUT2D eigenvalue weighted by Gasteiger charge is 2.01. The van der Waals surface area contributed by atoms with E-state index in [0.29, 0.717) is 0 Å². The molecular weight excluding hydrogens is 225 g/mol. The van der Waals surface area contributed by atoms with E-state index < -0.39 is 4.59 Å². The van der Waals surface area contributed by atoms with E-state index in [9.17, 15) is 0 Å². The Labute approximate surface area is 88.3 Å². The van der Waals surface area contributed by atoms with Gasteiger partial charge in [-0.2, -0.15) is 0 Å². The quantitative estimate of drug-likeness (QED) is 0.550. The Hall–Kier alpha value is 0.530. The maximum Gasteiger partial charge on any atom is 0.112 e. The Balaban J connectivity index is 2.50. The van der Waals surface area contributed by atoms with Crippen LogP contribution < -0.4 is 5.09 Å². The highest BCUT2D eigenvalue weighted by atomic mass is 33.2. The van der Waals surface area contributed by atoms with Crippen LogP contribution in [0.25, 0.3) is 0 Å². The Kier molecular flexibility index (Phi) is 4.14. The number of hydrogen-bond donors (Lipinski definition) is 3. The Bertz CT molecular complexity index is 282. The van der Waals surface area contributed by atoms with Crippen molar-refractivity contribution in [2.24, 2.45) is 0 Å². The molecule has 1 aromatic rings. The van der Waals surface area contributed by atoms with Crippen LogP contribution in [0.1, 0.15) is 5.56 Å². The molecule has 0 bridgehead atoms. The van der Waals surface area contributed by atoms with Gasteiger partial charge in [0.1, 0.15) is 4.59 Å². The molecule has 5 heteroatoms. The fraction of sp³-hybridized carbons (Fsp3) is 0.143. The van der Waals surface area contributed by atoms with E-state index in [1.165, 1.54) is 5.56 Å². The summed E-state index contributed by atoms with van der Waals surface area (Å²) in [6, 6.07) is 10.1. The van der Waals surface area contributed by atoms with Crippen molar-refractivity contribution in [3.63, 3.8) is 0 Å². The fourth-order valence-electron chi connectivity index (χ4n) is 0.790. The standard InChI is InChI=1S/C7H10NPS3/c10-9(11,12)8-6-7-4-2-1-3-5-7/h1-5H,6H2,(H3,8,10,11,12). The molecule has 66 valence electrons. The number of hydrogen-bond acceptors (Lipinski definition) is 1. The van der Waals surface area contributed by atoms with Crippen LogP contribution in [-0.4, -0.2) is 0 Å². The van der Waals surface area contributed by atoms with Crippen molar-refractivity contribution in [1.82, 2.24) is 5.09 Å². The van der Waals surface area contributed by atoms with Crippen LogP contribution >= 0.6 is 29.1 Å². The molecule has 0 atom stereocenters. The zero-order chi connectivity index (χ0) is 9.03. The molecule has 0 heterocycles. The average Bonchev–Trinajstić information content (AvgIpc) is 2.02. The van der Waals surface area contributed by atoms with Gasteiger partial charge in [-0.3, -0.25) is 5.09 Å². The highest BCUT2D eigenvalue weighted by molar-refractivity contribution is 8.91. The molecule has 0 fully saturated rings. The minimum atomic E-state index is -1.86. The summed E-state index contributed by atoms with van der Waals surface area (Å²) in [7, 11) is 0. The van der Waals surface area contributed by atoms with Gasteiger partial charge < -0.3 is 0 Å². The third-order valence-electron chi connectivity index (χ3n) is 1.33. The second-order valence-corrected chi connectivity index (χ2v) is 11.6. The number of thiol groups is 2. The van der Waals surface area contributed by atoms with Crippen molar-refractivity contribution in [3.8, 4) is 0 Å². The van der Waals surface area contributed by atoms with Crippen LogP contribution in [0.3, 0.4) is 0 Å². The third-order valence-corrected chi connectivity index (χ3v) is 3.14. The number of nitrogens with one attached hydrogen (secondary N) is 1. The predicted octanol–water partition coefficient (Wildman–Crippen LogP) is 2.86. The number of benzene rings is 1. The van der Waals surface area contributed by atoms with Crippen LogP contribution in [0.15, 0.2) is 30.3 Å². The van der Waals surface area contributed by atoms with Gasteiger partial charge in [-0.15, -0.1) is 24.5 Å². The molecule has 0 unspecified atom stereocenters. The largest absolute Gasteiger partial charge is 0.269 e. The molecule has 1 aromatic carbocycles. The maximum atomic E-state index is 5.01. The minimum absolute atomic E-state index is 0.741. The lowest BCUT2D eigenvalue weighted by Crippen LogP contribution is -2.03. The average molecular weight is 235 g/mol. The van der Waals surface area contributed by atoms with Crippen LogP contribution in [0, 0.1) is 0 Å². The van der Waals surface area contributed by atoms with Gasteiger partial charge >= 0.3 is 0 Å². The van der Waals surface area contributed by atoms with E-state index in [1.807, 2.05) is 30.3 Å². The fourth-order valence-corrected chi connectivity index (χ4v) is 1.80. The van der Waals surface area contributed by atoms with Gasteiger partial charge in [0.2, 0.25) is 0 Å². The SMILES string of the molecule is S=P(S)(S)NCc1ccccc1. The van der Waals surface area contributed by atoms with E-state index in [2.05, 4.69) is 29.6 Å². The molecule has 12 heavy (non-hydrogen) atoms. The molecule has 1 nitrogen and oxygen atoms in total. The molecule has 0 saturated carbocycles.